The van der Waals surface area contributed by atoms with Gasteiger partial charge in [0.25, 0.3) is 5.91 Å². The molecule has 5 heteroatoms. The second kappa shape index (κ2) is 7.81. The lowest BCUT2D eigenvalue weighted by Crippen LogP contribution is -2.36. The van der Waals surface area contributed by atoms with E-state index in [-0.39, 0.29) is 11.9 Å². The number of carbonyl (C=O) groups is 1. The number of benzene rings is 2. The van der Waals surface area contributed by atoms with Crippen LogP contribution in [0.1, 0.15) is 28.9 Å². The first-order valence-electron chi connectivity index (χ1n) is 8.12. The van der Waals surface area contributed by atoms with Crippen LogP contribution in [0, 0.1) is 0 Å². The van der Waals surface area contributed by atoms with Gasteiger partial charge in [0.1, 0.15) is 0 Å². The number of rotatable bonds is 4. The fraction of sp³-hybridized carbons (Fsp3) is 0.316. The zero-order valence-electron chi connectivity index (χ0n) is 13.7. The van der Waals surface area contributed by atoms with Gasteiger partial charge in [0.15, 0.2) is 0 Å². The zero-order valence-corrected chi connectivity index (χ0v) is 15.3. The Hall–Kier alpha value is -1.85. The first kappa shape index (κ1) is 17.0. The third-order valence-electron chi connectivity index (χ3n) is 4.20. The van der Waals surface area contributed by atoms with Crippen molar-refractivity contribution in [3.63, 3.8) is 0 Å². The highest BCUT2D eigenvalue weighted by Crippen LogP contribution is 2.20. The van der Waals surface area contributed by atoms with Gasteiger partial charge in [-0.1, -0.05) is 28.1 Å². The topological polar surface area (TPSA) is 41.6 Å². The lowest BCUT2D eigenvalue weighted by atomic mass is 10.1. The average molecular weight is 389 g/mol. The summed E-state index contributed by atoms with van der Waals surface area (Å²) < 4.78 is 6.38. The summed E-state index contributed by atoms with van der Waals surface area (Å²) >= 11 is 3.46. The summed E-state index contributed by atoms with van der Waals surface area (Å²) in [7, 11) is 0. The number of nitrogens with one attached hydrogen (secondary N) is 1. The van der Waals surface area contributed by atoms with E-state index in [4.69, 9.17) is 4.74 Å². The molecule has 0 aliphatic carbocycles. The fourth-order valence-electron chi connectivity index (χ4n) is 2.78. The van der Waals surface area contributed by atoms with E-state index in [1.54, 1.807) is 0 Å². The number of halogens is 1. The van der Waals surface area contributed by atoms with Crippen molar-refractivity contribution >= 4 is 27.5 Å². The largest absolute Gasteiger partial charge is 0.378 e. The minimum atomic E-state index is -0.0593. The first-order chi connectivity index (χ1) is 11.6. The molecule has 126 valence electrons. The molecule has 0 spiro atoms. The number of anilines is 1. The normalized spacial score (nSPS) is 15.8. The summed E-state index contributed by atoms with van der Waals surface area (Å²) in [5, 5.41) is 3.05. The molecule has 1 unspecified atom stereocenters. The monoisotopic (exact) mass is 388 g/mol. The van der Waals surface area contributed by atoms with Gasteiger partial charge in [0.05, 0.1) is 19.3 Å². The van der Waals surface area contributed by atoms with Crippen LogP contribution in [0.15, 0.2) is 53.0 Å². The molecule has 1 atom stereocenters. The standard InChI is InChI=1S/C19H21BrN2O2/c1-14(16-3-2-4-17(20)13-16)21-19(23)15-5-7-18(8-6-15)22-9-11-24-12-10-22/h2-8,13-14H,9-12H2,1H3,(H,21,23). The SMILES string of the molecule is CC(NC(=O)c1ccc(N2CCOCC2)cc1)c1cccc(Br)c1. The van der Waals surface area contributed by atoms with Crippen molar-refractivity contribution < 1.29 is 9.53 Å². The third kappa shape index (κ3) is 4.16. The predicted molar refractivity (Wildman–Crippen MR) is 99.5 cm³/mol. The maximum Gasteiger partial charge on any atom is 0.251 e. The van der Waals surface area contributed by atoms with Crippen molar-refractivity contribution in [2.45, 2.75) is 13.0 Å². The molecular formula is C19H21BrN2O2. The van der Waals surface area contributed by atoms with Gasteiger partial charge in [-0.05, 0) is 48.9 Å². The molecular weight excluding hydrogens is 368 g/mol. The number of amides is 1. The average Bonchev–Trinajstić information content (AvgIpc) is 2.62. The van der Waals surface area contributed by atoms with Crippen molar-refractivity contribution in [1.29, 1.82) is 0 Å². The molecule has 3 rings (SSSR count). The quantitative estimate of drug-likeness (QED) is 0.866. The highest BCUT2D eigenvalue weighted by molar-refractivity contribution is 9.10. The molecule has 2 aromatic carbocycles. The molecule has 24 heavy (non-hydrogen) atoms. The number of ether oxygens (including phenoxy) is 1. The molecule has 1 N–H and O–H groups in total. The molecule has 1 aliphatic heterocycles. The summed E-state index contributed by atoms with van der Waals surface area (Å²) in [5.74, 6) is -0.0593. The van der Waals surface area contributed by atoms with E-state index in [2.05, 4.69) is 26.1 Å². The van der Waals surface area contributed by atoms with Crippen LogP contribution in [-0.4, -0.2) is 32.2 Å². The maximum absolute atomic E-state index is 12.4. The lowest BCUT2D eigenvalue weighted by molar-refractivity contribution is 0.0940. The molecule has 4 nitrogen and oxygen atoms in total. The molecule has 0 aromatic heterocycles. The Morgan fingerprint density at radius 2 is 1.88 bits per heavy atom. The maximum atomic E-state index is 12.4. The van der Waals surface area contributed by atoms with Crippen molar-refractivity contribution in [2.75, 3.05) is 31.2 Å². The second-order valence-electron chi connectivity index (χ2n) is 5.90. The Morgan fingerprint density at radius 3 is 2.54 bits per heavy atom. The molecule has 1 amide bonds. The van der Waals surface area contributed by atoms with Gasteiger partial charge in [-0.25, -0.2) is 0 Å². The molecule has 0 radical (unpaired) electrons. The number of hydrogen-bond acceptors (Lipinski definition) is 3. The number of carbonyl (C=O) groups excluding carboxylic acids is 1. The number of nitrogens with zero attached hydrogens (tertiary/aromatic N) is 1. The van der Waals surface area contributed by atoms with Crippen LogP contribution in [0.3, 0.4) is 0 Å². The number of hydrogen-bond donors (Lipinski definition) is 1. The van der Waals surface area contributed by atoms with Gasteiger partial charge in [0, 0.05) is 28.8 Å². The number of morpholine rings is 1. The van der Waals surface area contributed by atoms with Gasteiger partial charge in [-0.15, -0.1) is 0 Å². The van der Waals surface area contributed by atoms with Gasteiger partial charge < -0.3 is 15.0 Å². The highest BCUT2D eigenvalue weighted by Gasteiger charge is 2.14. The Labute approximate surface area is 150 Å². The Kier molecular flexibility index (Phi) is 5.53. The zero-order chi connectivity index (χ0) is 16.9. The van der Waals surface area contributed by atoms with E-state index in [0.717, 1.165) is 42.0 Å². The summed E-state index contributed by atoms with van der Waals surface area (Å²) in [6.07, 6.45) is 0. The first-order valence-corrected chi connectivity index (χ1v) is 8.92. The molecule has 0 saturated carbocycles. The van der Waals surface area contributed by atoms with Crippen molar-refractivity contribution in [3.8, 4) is 0 Å². The van der Waals surface area contributed by atoms with Crippen LogP contribution in [0.4, 0.5) is 5.69 Å². The summed E-state index contributed by atoms with van der Waals surface area (Å²) in [5.41, 5.74) is 2.88. The smallest absolute Gasteiger partial charge is 0.251 e. The van der Waals surface area contributed by atoms with Gasteiger partial charge in [0.2, 0.25) is 0 Å². The Morgan fingerprint density at radius 1 is 1.17 bits per heavy atom. The van der Waals surface area contributed by atoms with E-state index < -0.39 is 0 Å². The van der Waals surface area contributed by atoms with E-state index in [9.17, 15) is 4.79 Å². The summed E-state index contributed by atoms with van der Waals surface area (Å²) in [6.45, 7) is 5.29. The highest BCUT2D eigenvalue weighted by atomic mass is 79.9. The Bertz CT molecular complexity index is 697. The van der Waals surface area contributed by atoms with E-state index >= 15 is 0 Å². The summed E-state index contributed by atoms with van der Waals surface area (Å²) in [4.78, 5) is 14.7. The van der Waals surface area contributed by atoms with Crippen LogP contribution >= 0.6 is 15.9 Å². The van der Waals surface area contributed by atoms with Crippen LogP contribution in [-0.2, 0) is 4.74 Å². The van der Waals surface area contributed by atoms with E-state index in [0.29, 0.717) is 5.56 Å². The van der Waals surface area contributed by atoms with E-state index in [1.165, 1.54) is 0 Å². The van der Waals surface area contributed by atoms with Gasteiger partial charge >= 0.3 is 0 Å². The fourth-order valence-corrected chi connectivity index (χ4v) is 3.20. The lowest BCUT2D eigenvalue weighted by Gasteiger charge is -2.28. The van der Waals surface area contributed by atoms with Gasteiger partial charge in [-0.3, -0.25) is 4.79 Å². The molecule has 0 bridgehead atoms. The Balaban J connectivity index is 1.64. The molecule has 1 heterocycles. The molecule has 2 aromatic rings. The minimum Gasteiger partial charge on any atom is -0.378 e. The predicted octanol–water partition coefficient (Wildman–Crippen LogP) is 3.78. The molecule has 1 saturated heterocycles. The third-order valence-corrected chi connectivity index (χ3v) is 4.70. The minimum absolute atomic E-state index is 0.0473. The van der Waals surface area contributed by atoms with Crippen LogP contribution in [0.2, 0.25) is 0 Å². The van der Waals surface area contributed by atoms with Gasteiger partial charge in [-0.2, -0.15) is 0 Å². The van der Waals surface area contributed by atoms with Crippen molar-refractivity contribution in [3.05, 3.63) is 64.1 Å². The van der Waals surface area contributed by atoms with Crippen LogP contribution < -0.4 is 10.2 Å². The van der Waals surface area contributed by atoms with Crippen LogP contribution in [0.25, 0.3) is 0 Å². The molecule has 1 fully saturated rings. The summed E-state index contributed by atoms with van der Waals surface area (Å²) in [6, 6.07) is 15.7. The second-order valence-corrected chi connectivity index (χ2v) is 6.81. The van der Waals surface area contributed by atoms with Crippen LogP contribution in [0.5, 0.6) is 0 Å². The van der Waals surface area contributed by atoms with Crippen molar-refractivity contribution in [1.82, 2.24) is 5.32 Å². The van der Waals surface area contributed by atoms with Crippen molar-refractivity contribution in [2.24, 2.45) is 0 Å². The van der Waals surface area contributed by atoms with E-state index in [1.807, 2.05) is 55.5 Å². The molecule has 1 aliphatic rings.